The highest BCUT2D eigenvalue weighted by Gasteiger charge is 2.20. The highest BCUT2D eigenvalue weighted by Crippen LogP contribution is 2.42. The summed E-state index contributed by atoms with van der Waals surface area (Å²) in [6.07, 6.45) is 0. The van der Waals surface area contributed by atoms with Crippen molar-refractivity contribution in [3.05, 3.63) is 231 Å². The fourth-order valence-electron chi connectivity index (χ4n) is 9.38. The average molecular weight is 778 g/mol. The highest BCUT2D eigenvalue weighted by molar-refractivity contribution is 6.19. The summed E-state index contributed by atoms with van der Waals surface area (Å²) in [6.45, 7) is 0. The minimum absolute atomic E-state index is 1.07. The molecule has 286 valence electrons. The van der Waals surface area contributed by atoms with E-state index in [9.17, 15) is 0 Å². The lowest BCUT2D eigenvalue weighted by atomic mass is 9.97. The second kappa shape index (κ2) is 14.3. The van der Waals surface area contributed by atoms with Crippen molar-refractivity contribution < 1.29 is 0 Å². The number of nitrogens with one attached hydrogen (secondary N) is 1. The maximum Gasteiger partial charge on any atom is 0.0548 e. The number of hydrogen-bond acceptors (Lipinski definition) is 1. The summed E-state index contributed by atoms with van der Waals surface area (Å²) >= 11 is 0. The largest absolute Gasteiger partial charge is 0.355 e. The van der Waals surface area contributed by atoms with Crippen molar-refractivity contribution >= 4 is 65.8 Å². The zero-order chi connectivity index (χ0) is 40.3. The van der Waals surface area contributed by atoms with Crippen LogP contribution in [0.3, 0.4) is 0 Å². The molecule has 2 aromatic heterocycles. The number of rotatable bonds is 7. The quantitative estimate of drug-likeness (QED) is 0.171. The Labute approximate surface area is 354 Å². The Morgan fingerprint density at radius 2 is 0.852 bits per heavy atom. The number of benzene rings is 10. The number of aromatic nitrogens is 2. The number of para-hydroxylation sites is 3. The molecule has 0 aliphatic rings. The second-order valence-corrected chi connectivity index (χ2v) is 15.9. The van der Waals surface area contributed by atoms with Crippen LogP contribution in [0.1, 0.15) is 0 Å². The van der Waals surface area contributed by atoms with Gasteiger partial charge in [0.15, 0.2) is 0 Å². The second-order valence-electron chi connectivity index (χ2n) is 15.9. The van der Waals surface area contributed by atoms with Gasteiger partial charge < -0.3 is 14.5 Å². The Bertz CT molecular complexity index is 3610. The van der Waals surface area contributed by atoms with Crippen LogP contribution in [-0.4, -0.2) is 9.13 Å². The van der Waals surface area contributed by atoms with Crippen LogP contribution >= 0.6 is 0 Å². The Hall–Kier alpha value is -8.14. The minimum Gasteiger partial charge on any atom is -0.355 e. The van der Waals surface area contributed by atoms with Crippen molar-refractivity contribution in [3.63, 3.8) is 0 Å². The third-order valence-corrected chi connectivity index (χ3v) is 12.2. The fraction of sp³-hybridized carbons (Fsp3) is 0. The lowest BCUT2D eigenvalue weighted by Crippen LogP contribution is -1.95. The predicted molar refractivity (Wildman–Crippen MR) is 259 cm³/mol. The molecule has 3 heteroatoms. The molecule has 0 saturated carbocycles. The van der Waals surface area contributed by atoms with E-state index in [1.165, 1.54) is 76.6 Å². The fourth-order valence-corrected chi connectivity index (χ4v) is 9.38. The van der Waals surface area contributed by atoms with Gasteiger partial charge in [-0.05, 0) is 117 Å². The van der Waals surface area contributed by atoms with Crippen LogP contribution < -0.4 is 5.32 Å². The lowest BCUT2D eigenvalue weighted by molar-refractivity contribution is 1.17. The van der Waals surface area contributed by atoms with Crippen molar-refractivity contribution in [2.75, 3.05) is 5.32 Å². The zero-order valence-electron chi connectivity index (χ0n) is 33.3. The molecule has 0 radical (unpaired) electrons. The van der Waals surface area contributed by atoms with Crippen molar-refractivity contribution in [1.82, 2.24) is 9.13 Å². The molecular weight excluding hydrogens is 739 g/mol. The number of nitrogens with zero attached hydrogens (tertiary/aromatic N) is 2. The first-order valence-corrected chi connectivity index (χ1v) is 20.9. The molecule has 0 unspecified atom stereocenters. The summed E-state index contributed by atoms with van der Waals surface area (Å²) in [7, 11) is 0. The lowest BCUT2D eigenvalue weighted by Gasteiger charge is -2.14. The van der Waals surface area contributed by atoms with Gasteiger partial charge in [0.05, 0.1) is 22.1 Å². The molecular formula is C58H39N3. The van der Waals surface area contributed by atoms with Gasteiger partial charge in [-0.15, -0.1) is 0 Å². The first-order valence-electron chi connectivity index (χ1n) is 20.9. The summed E-state index contributed by atoms with van der Waals surface area (Å²) in [5.74, 6) is 0. The van der Waals surface area contributed by atoms with Gasteiger partial charge in [-0.1, -0.05) is 152 Å². The van der Waals surface area contributed by atoms with Crippen molar-refractivity contribution in [2.24, 2.45) is 0 Å². The zero-order valence-corrected chi connectivity index (χ0v) is 33.3. The standard InChI is InChI=1S/C58H39N3/c1-3-15-39(16-4-1)43-20-14-24-48(35-43)61-56-32-30-44(36-51(56)53-38-57-52(37-58(53)61)50-26-10-12-28-55(50)60(57)47-22-5-2-6-23-47)41-19-13-21-45(33-41)49-25-9-11-27-54(49)59-46-31-29-40-17-7-8-18-42(40)34-46/h1-38,59H. The van der Waals surface area contributed by atoms with Crippen LogP contribution in [0.15, 0.2) is 231 Å². The summed E-state index contributed by atoms with van der Waals surface area (Å²) in [5, 5.41) is 11.1. The Morgan fingerprint density at radius 3 is 1.70 bits per heavy atom. The summed E-state index contributed by atoms with van der Waals surface area (Å²) in [5.41, 5.74) is 16.2. The molecule has 61 heavy (non-hydrogen) atoms. The SMILES string of the molecule is c1ccc(-c2cccc(-n3c4ccc(-c5cccc(-c6ccccc6Nc6ccc7ccccc7c6)c5)cc4c4cc5c(cc43)c3ccccc3n5-c3ccccc3)c2)cc1. The van der Waals surface area contributed by atoms with E-state index in [4.69, 9.17) is 0 Å². The summed E-state index contributed by atoms with van der Waals surface area (Å²) in [6, 6.07) is 83.6. The van der Waals surface area contributed by atoms with Crippen molar-refractivity contribution in [3.8, 4) is 44.8 Å². The minimum atomic E-state index is 1.07. The third-order valence-electron chi connectivity index (χ3n) is 12.2. The molecule has 0 fully saturated rings. The summed E-state index contributed by atoms with van der Waals surface area (Å²) < 4.78 is 4.88. The molecule has 0 bridgehead atoms. The van der Waals surface area contributed by atoms with Gasteiger partial charge in [-0.3, -0.25) is 0 Å². The molecule has 10 aromatic carbocycles. The van der Waals surface area contributed by atoms with Gasteiger partial charge in [0.2, 0.25) is 0 Å². The van der Waals surface area contributed by atoms with E-state index in [-0.39, 0.29) is 0 Å². The van der Waals surface area contributed by atoms with Crippen molar-refractivity contribution in [1.29, 1.82) is 0 Å². The summed E-state index contributed by atoms with van der Waals surface area (Å²) in [4.78, 5) is 0. The van der Waals surface area contributed by atoms with E-state index in [0.717, 1.165) is 33.9 Å². The first-order chi connectivity index (χ1) is 30.2. The molecule has 1 N–H and O–H groups in total. The third kappa shape index (κ3) is 5.98. The van der Waals surface area contributed by atoms with Gasteiger partial charge in [0.25, 0.3) is 0 Å². The Morgan fingerprint density at radius 1 is 0.279 bits per heavy atom. The molecule has 3 nitrogen and oxygen atoms in total. The molecule has 2 heterocycles. The predicted octanol–water partition coefficient (Wildman–Crippen LogP) is 15.8. The smallest absolute Gasteiger partial charge is 0.0548 e. The van der Waals surface area contributed by atoms with Crippen LogP contribution in [0.25, 0.3) is 99.1 Å². The normalized spacial score (nSPS) is 11.6. The molecule has 0 saturated heterocycles. The van der Waals surface area contributed by atoms with Crippen LogP contribution in [-0.2, 0) is 0 Å². The van der Waals surface area contributed by atoms with E-state index < -0.39 is 0 Å². The van der Waals surface area contributed by atoms with E-state index in [1.807, 2.05) is 0 Å². The topological polar surface area (TPSA) is 21.9 Å². The molecule has 12 rings (SSSR count). The maximum atomic E-state index is 3.73. The molecule has 0 amide bonds. The monoisotopic (exact) mass is 777 g/mol. The Balaban J connectivity index is 1.04. The molecule has 0 aliphatic heterocycles. The first kappa shape index (κ1) is 34.9. The molecule has 0 spiro atoms. The van der Waals surface area contributed by atoms with Crippen LogP contribution in [0.2, 0.25) is 0 Å². The number of fused-ring (bicyclic) bond motifs is 7. The Kier molecular flexibility index (Phi) is 8.17. The average Bonchev–Trinajstić information content (AvgIpc) is 3.83. The highest BCUT2D eigenvalue weighted by atomic mass is 15.0. The van der Waals surface area contributed by atoms with Gasteiger partial charge in [-0.25, -0.2) is 0 Å². The van der Waals surface area contributed by atoms with Gasteiger partial charge in [0.1, 0.15) is 0 Å². The molecule has 0 atom stereocenters. The van der Waals surface area contributed by atoms with Gasteiger partial charge >= 0.3 is 0 Å². The van der Waals surface area contributed by atoms with E-state index in [2.05, 4.69) is 245 Å². The van der Waals surface area contributed by atoms with Crippen LogP contribution in [0, 0.1) is 0 Å². The van der Waals surface area contributed by atoms with Gasteiger partial charge in [-0.2, -0.15) is 0 Å². The van der Waals surface area contributed by atoms with E-state index in [0.29, 0.717) is 0 Å². The number of anilines is 2. The van der Waals surface area contributed by atoms with E-state index in [1.54, 1.807) is 0 Å². The van der Waals surface area contributed by atoms with Crippen LogP contribution in [0.4, 0.5) is 11.4 Å². The molecule has 0 aliphatic carbocycles. The number of hydrogen-bond donors (Lipinski definition) is 1. The van der Waals surface area contributed by atoms with Crippen LogP contribution in [0.5, 0.6) is 0 Å². The molecule has 12 aromatic rings. The van der Waals surface area contributed by atoms with E-state index >= 15 is 0 Å². The van der Waals surface area contributed by atoms with Gasteiger partial charge in [0, 0.05) is 49.9 Å². The van der Waals surface area contributed by atoms with Crippen molar-refractivity contribution in [2.45, 2.75) is 0 Å². The maximum absolute atomic E-state index is 3.73.